The van der Waals surface area contributed by atoms with Gasteiger partial charge in [0.2, 0.25) is 5.88 Å². The third kappa shape index (κ3) is 2.21. The molecule has 2 aromatic heterocycles. The minimum atomic E-state index is -0.229. The summed E-state index contributed by atoms with van der Waals surface area (Å²) >= 11 is 0. The van der Waals surface area contributed by atoms with Crippen LogP contribution in [0.4, 0.5) is 5.69 Å². The quantitative estimate of drug-likeness (QED) is 0.766. The van der Waals surface area contributed by atoms with Gasteiger partial charge < -0.3 is 15.0 Å². The van der Waals surface area contributed by atoms with E-state index in [0.29, 0.717) is 17.3 Å². The summed E-state index contributed by atoms with van der Waals surface area (Å²) < 4.78 is 5.10. The Morgan fingerprint density at radius 1 is 1.25 bits per heavy atom. The molecule has 0 atom stereocenters. The van der Waals surface area contributed by atoms with Crippen LogP contribution in [-0.2, 0) is 0 Å². The molecule has 5 heteroatoms. The molecule has 0 radical (unpaired) electrons. The largest absolute Gasteiger partial charge is 0.480 e. The van der Waals surface area contributed by atoms with Crippen molar-refractivity contribution in [2.75, 3.05) is 12.4 Å². The fourth-order valence-electron chi connectivity index (χ4n) is 2.03. The molecule has 20 heavy (non-hydrogen) atoms. The number of nitrogens with one attached hydrogen (secondary N) is 2. The van der Waals surface area contributed by atoms with Crippen LogP contribution in [0.15, 0.2) is 48.7 Å². The van der Waals surface area contributed by atoms with Crippen LogP contribution in [0.5, 0.6) is 5.88 Å². The third-order valence-corrected chi connectivity index (χ3v) is 2.99. The number of amides is 1. The summed E-state index contributed by atoms with van der Waals surface area (Å²) in [5.74, 6) is 0.157. The lowest BCUT2D eigenvalue weighted by Gasteiger charge is -2.07. The zero-order valence-electron chi connectivity index (χ0n) is 10.9. The fourth-order valence-corrected chi connectivity index (χ4v) is 2.03. The average Bonchev–Trinajstić information content (AvgIpc) is 2.92. The van der Waals surface area contributed by atoms with Crippen molar-refractivity contribution in [2.24, 2.45) is 0 Å². The van der Waals surface area contributed by atoms with Crippen LogP contribution < -0.4 is 10.1 Å². The molecule has 0 spiro atoms. The van der Waals surface area contributed by atoms with Gasteiger partial charge in [0, 0.05) is 17.1 Å². The zero-order valence-corrected chi connectivity index (χ0v) is 10.9. The molecule has 0 saturated carbocycles. The lowest BCUT2D eigenvalue weighted by Crippen LogP contribution is -2.13. The van der Waals surface area contributed by atoms with Crippen LogP contribution in [0.2, 0.25) is 0 Å². The number of anilines is 1. The second-order valence-electron chi connectivity index (χ2n) is 4.28. The van der Waals surface area contributed by atoms with Gasteiger partial charge in [0.15, 0.2) is 0 Å². The molecular formula is C15H13N3O2. The Balaban J connectivity index is 1.89. The molecule has 0 bridgehead atoms. The minimum absolute atomic E-state index is 0.229. The molecular weight excluding hydrogens is 254 g/mol. The summed E-state index contributed by atoms with van der Waals surface area (Å²) in [6.07, 6.45) is 1.61. The smallest absolute Gasteiger partial charge is 0.272 e. The normalized spacial score (nSPS) is 10.4. The Kier molecular flexibility index (Phi) is 3.09. The zero-order chi connectivity index (χ0) is 13.9. The number of nitrogens with zero attached hydrogens (tertiary/aromatic N) is 1. The number of carbonyl (C=O) groups excluding carboxylic acids is 1. The van der Waals surface area contributed by atoms with Gasteiger partial charge in [0.05, 0.1) is 7.11 Å². The Labute approximate surface area is 115 Å². The van der Waals surface area contributed by atoms with Crippen LogP contribution in [0, 0.1) is 0 Å². The number of benzene rings is 1. The number of ether oxygens (including phenoxy) is 1. The number of para-hydroxylation sites is 1. The second kappa shape index (κ2) is 5.05. The molecule has 1 aromatic carbocycles. The number of fused-ring (bicyclic) bond motifs is 1. The van der Waals surface area contributed by atoms with E-state index in [2.05, 4.69) is 15.3 Å². The van der Waals surface area contributed by atoms with E-state index >= 15 is 0 Å². The maximum absolute atomic E-state index is 12.2. The Morgan fingerprint density at radius 3 is 2.90 bits per heavy atom. The molecule has 1 amide bonds. The molecule has 2 N–H and O–H groups in total. The summed E-state index contributed by atoms with van der Waals surface area (Å²) in [5, 5.41) is 3.78. The molecule has 0 fully saturated rings. The first-order valence-corrected chi connectivity index (χ1v) is 6.16. The van der Waals surface area contributed by atoms with Crippen molar-refractivity contribution in [2.45, 2.75) is 0 Å². The van der Waals surface area contributed by atoms with Crippen LogP contribution >= 0.6 is 0 Å². The van der Waals surface area contributed by atoms with E-state index in [4.69, 9.17) is 4.74 Å². The maximum Gasteiger partial charge on any atom is 0.272 e. The molecule has 5 nitrogen and oxygen atoms in total. The number of pyridine rings is 1. The van der Waals surface area contributed by atoms with Crippen molar-refractivity contribution in [3.63, 3.8) is 0 Å². The van der Waals surface area contributed by atoms with Crippen LogP contribution in [-0.4, -0.2) is 23.0 Å². The predicted octanol–water partition coefficient (Wildman–Crippen LogP) is 2.82. The molecule has 0 aliphatic rings. The number of rotatable bonds is 3. The maximum atomic E-state index is 12.2. The highest BCUT2D eigenvalue weighted by Crippen LogP contribution is 2.21. The molecule has 3 aromatic rings. The van der Waals surface area contributed by atoms with Crippen LogP contribution in [0.3, 0.4) is 0 Å². The highest BCUT2D eigenvalue weighted by Gasteiger charge is 2.12. The molecule has 0 unspecified atom stereocenters. The van der Waals surface area contributed by atoms with Crippen molar-refractivity contribution in [3.8, 4) is 5.88 Å². The van der Waals surface area contributed by atoms with Gasteiger partial charge in [-0.05, 0) is 24.3 Å². The van der Waals surface area contributed by atoms with Gasteiger partial charge in [0.1, 0.15) is 11.4 Å². The summed E-state index contributed by atoms with van der Waals surface area (Å²) in [5.41, 5.74) is 1.96. The van der Waals surface area contributed by atoms with Crippen molar-refractivity contribution in [1.29, 1.82) is 0 Å². The van der Waals surface area contributed by atoms with Crippen molar-refractivity contribution < 1.29 is 9.53 Å². The van der Waals surface area contributed by atoms with Gasteiger partial charge in [-0.15, -0.1) is 0 Å². The highest BCUT2D eigenvalue weighted by molar-refractivity contribution is 6.06. The second-order valence-corrected chi connectivity index (χ2v) is 4.28. The van der Waals surface area contributed by atoms with Crippen molar-refractivity contribution >= 4 is 22.5 Å². The first kappa shape index (κ1) is 12.2. The number of H-pyrrole nitrogens is 1. The van der Waals surface area contributed by atoms with Gasteiger partial charge in [-0.25, -0.2) is 4.98 Å². The van der Waals surface area contributed by atoms with Gasteiger partial charge in [-0.2, -0.15) is 0 Å². The Hall–Kier alpha value is -2.82. The molecule has 3 rings (SSSR count). The number of hydrogen-bond acceptors (Lipinski definition) is 3. The lowest BCUT2D eigenvalue weighted by molar-refractivity contribution is 0.102. The molecule has 0 aliphatic heterocycles. The SMILES string of the molecule is COc1ncccc1NC(=O)c1cc2ccccc2[nH]1. The standard InChI is InChI=1S/C15H13N3O2/c1-20-15-12(7-4-8-16-15)18-14(19)13-9-10-5-2-3-6-11(10)17-13/h2-9,17H,1H3,(H,18,19). The highest BCUT2D eigenvalue weighted by atomic mass is 16.5. The van der Waals surface area contributed by atoms with E-state index < -0.39 is 0 Å². The van der Waals surface area contributed by atoms with E-state index in [0.717, 1.165) is 10.9 Å². The number of aromatic amines is 1. The molecule has 0 aliphatic carbocycles. The van der Waals surface area contributed by atoms with Crippen LogP contribution in [0.25, 0.3) is 10.9 Å². The first-order valence-electron chi connectivity index (χ1n) is 6.16. The predicted molar refractivity (Wildman–Crippen MR) is 77.0 cm³/mol. The summed E-state index contributed by atoms with van der Waals surface area (Å²) in [4.78, 5) is 19.3. The van der Waals surface area contributed by atoms with E-state index in [1.807, 2.05) is 30.3 Å². The summed E-state index contributed by atoms with van der Waals surface area (Å²) in [6, 6.07) is 13.0. The summed E-state index contributed by atoms with van der Waals surface area (Å²) in [6.45, 7) is 0. The number of aromatic nitrogens is 2. The van der Waals surface area contributed by atoms with Gasteiger partial charge in [-0.1, -0.05) is 18.2 Å². The molecule has 0 saturated heterocycles. The van der Waals surface area contributed by atoms with E-state index in [1.165, 1.54) is 7.11 Å². The topological polar surface area (TPSA) is 67.0 Å². The number of hydrogen-bond donors (Lipinski definition) is 2. The number of carbonyl (C=O) groups is 1. The van der Waals surface area contributed by atoms with Crippen LogP contribution in [0.1, 0.15) is 10.5 Å². The molecule has 100 valence electrons. The van der Waals surface area contributed by atoms with Gasteiger partial charge in [0.25, 0.3) is 5.91 Å². The minimum Gasteiger partial charge on any atom is -0.480 e. The third-order valence-electron chi connectivity index (χ3n) is 2.99. The van der Waals surface area contributed by atoms with E-state index in [1.54, 1.807) is 18.3 Å². The monoisotopic (exact) mass is 267 g/mol. The van der Waals surface area contributed by atoms with Gasteiger partial charge in [-0.3, -0.25) is 4.79 Å². The molecule has 2 heterocycles. The average molecular weight is 267 g/mol. The lowest BCUT2D eigenvalue weighted by atomic mass is 10.2. The first-order chi connectivity index (χ1) is 9.78. The van der Waals surface area contributed by atoms with Crippen molar-refractivity contribution in [1.82, 2.24) is 9.97 Å². The van der Waals surface area contributed by atoms with Gasteiger partial charge >= 0.3 is 0 Å². The summed E-state index contributed by atoms with van der Waals surface area (Å²) in [7, 11) is 1.51. The van der Waals surface area contributed by atoms with E-state index in [9.17, 15) is 4.79 Å². The number of methoxy groups -OCH3 is 1. The Bertz CT molecular complexity index is 731. The fraction of sp³-hybridized carbons (Fsp3) is 0.0667. The Morgan fingerprint density at radius 2 is 2.10 bits per heavy atom. The van der Waals surface area contributed by atoms with E-state index in [-0.39, 0.29) is 5.91 Å². The van der Waals surface area contributed by atoms with Crippen molar-refractivity contribution in [3.05, 3.63) is 54.4 Å².